The van der Waals surface area contributed by atoms with Crippen LogP contribution in [0.5, 0.6) is 0 Å². The van der Waals surface area contributed by atoms with Crippen LogP contribution in [0.25, 0.3) is 0 Å². The number of hydrogen-bond acceptors (Lipinski definition) is 4. The number of nitrogens with zero attached hydrogens (tertiary/aromatic N) is 2. The van der Waals surface area contributed by atoms with Gasteiger partial charge in [0, 0.05) is 25.2 Å². The van der Waals surface area contributed by atoms with E-state index in [9.17, 15) is 13.2 Å². The maximum atomic E-state index is 12.7. The Hall–Kier alpha value is -2.25. The third-order valence-corrected chi connectivity index (χ3v) is 6.56. The first-order valence-corrected chi connectivity index (χ1v) is 10.1. The molecule has 138 valence electrons. The molecule has 2 aromatic rings. The molecule has 1 aliphatic rings. The van der Waals surface area contributed by atoms with Crippen molar-refractivity contribution in [1.29, 1.82) is 0 Å². The van der Waals surface area contributed by atoms with Gasteiger partial charge in [-0.2, -0.15) is 4.31 Å². The van der Waals surface area contributed by atoms with Crippen molar-refractivity contribution < 1.29 is 13.2 Å². The van der Waals surface area contributed by atoms with Gasteiger partial charge in [0.1, 0.15) is 5.82 Å². The summed E-state index contributed by atoms with van der Waals surface area (Å²) < 4.78 is 26.9. The van der Waals surface area contributed by atoms with Crippen molar-refractivity contribution in [2.24, 2.45) is 5.92 Å². The van der Waals surface area contributed by atoms with Crippen LogP contribution in [0.15, 0.2) is 47.5 Å². The molecule has 3 rings (SSSR count). The van der Waals surface area contributed by atoms with Crippen LogP contribution < -0.4 is 5.32 Å². The molecule has 2 heterocycles. The zero-order chi connectivity index (χ0) is 18.7. The van der Waals surface area contributed by atoms with Crippen molar-refractivity contribution in [3.8, 4) is 0 Å². The third-order valence-electron chi connectivity index (χ3n) is 4.65. The lowest BCUT2D eigenvalue weighted by Gasteiger charge is -2.30. The second kappa shape index (κ2) is 7.55. The lowest BCUT2D eigenvalue weighted by Crippen LogP contribution is -2.41. The van der Waals surface area contributed by atoms with Crippen LogP contribution in [0.2, 0.25) is 0 Å². The lowest BCUT2D eigenvalue weighted by molar-refractivity contribution is -0.120. The Bertz CT molecular complexity index is 869. The molecule has 26 heavy (non-hydrogen) atoms. The van der Waals surface area contributed by atoms with Gasteiger partial charge in [-0.3, -0.25) is 4.79 Å². The number of sulfonamides is 1. The molecule has 0 bridgehead atoms. The zero-order valence-corrected chi connectivity index (χ0v) is 15.8. The molecule has 0 saturated carbocycles. The third kappa shape index (κ3) is 4.11. The highest BCUT2D eigenvalue weighted by Gasteiger charge is 2.32. The minimum atomic E-state index is -3.50. The van der Waals surface area contributed by atoms with Gasteiger partial charge >= 0.3 is 0 Å². The van der Waals surface area contributed by atoms with E-state index >= 15 is 0 Å². The lowest BCUT2D eigenvalue weighted by atomic mass is 9.97. The van der Waals surface area contributed by atoms with E-state index < -0.39 is 10.0 Å². The van der Waals surface area contributed by atoms with Crippen LogP contribution in [0.3, 0.4) is 0 Å². The number of piperidine rings is 1. The molecule has 1 aromatic carbocycles. The number of carbonyl (C=O) groups is 1. The Labute approximate surface area is 154 Å². The number of hydrogen-bond donors (Lipinski definition) is 1. The fourth-order valence-electron chi connectivity index (χ4n) is 2.99. The largest absolute Gasteiger partial charge is 0.310 e. The van der Waals surface area contributed by atoms with Crippen molar-refractivity contribution in [2.75, 3.05) is 18.4 Å². The molecule has 1 fully saturated rings. The van der Waals surface area contributed by atoms with Gasteiger partial charge in [0.15, 0.2) is 0 Å². The average molecular weight is 373 g/mol. The molecule has 1 amide bonds. The fourth-order valence-corrected chi connectivity index (χ4v) is 4.46. The number of aryl methyl sites for hydroxylation is 2. The number of aromatic nitrogens is 1. The summed E-state index contributed by atoms with van der Waals surface area (Å²) in [5.41, 5.74) is 2.04. The molecule has 0 spiro atoms. The highest BCUT2D eigenvalue weighted by Crippen LogP contribution is 2.25. The predicted octanol–water partition coefficient (Wildman–Crippen LogP) is 2.74. The summed E-state index contributed by atoms with van der Waals surface area (Å²) in [6.45, 7) is 4.54. The molecule has 0 atom stereocenters. The van der Waals surface area contributed by atoms with Crippen molar-refractivity contribution in [3.05, 3.63) is 53.7 Å². The molecule has 0 aliphatic carbocycles. The van der Waals surface area contributed by atoms with Crippen molar-refractivity contribution in [2.45, 2.75) is 31.6 Å². The Morgan fingerprint density at radius 3 is 2.23 bits per heavy atom. The van der Waals surface area contributed by atoms with Gasteiger partial charge in [-0.05, 0) is 50.5 Å². The summed E-state index contributed by atoms with van der Waals surface area (Å²) in [6, 6.07) is 10.5. The number of anilines is 1. The normalized spacial score (nSPS) is 16.4. The van der Waals surface area contributed by atoms with E-state index in [0.29, 0.717) is 36.6 Å². The molecule has 1 aliphatic heterocycles. The Kier molecular flexibility index (Phi) is 5.38. The molecule has 7 heteroatoms. The predicted molar refractivity (Wildman–Crippen MR) is 100 cm³/mol. The molecule has 1 N–H and O–H groups in total. The number of pyridine rings is 1. The summed E-state index contributed by atoms with van der Waals surface area (Å²) in [6.07, 6.45) is 2.71. The highest BCUT2D eigenvalue weighted by atomic mass is 32.2. The van der Waals surface area contributed by atoms with Crippen molar-refractivity contribution >= 4 is 21.7 Å². The minimum absolute atomic E-state index is 0.103. The van der Waals surface area contributed by atoms with Gasteiger partial charge in [0.2, 0.25) is 15.9 Å². The van der Waals surface area contributed by atoms with Crippen molar-refractivity contribution in [1.82, 2.24) is 9.29 Å². The number of carbonyl (C=O) groups excluding carboxylic acids is 1. The summed E-state index contributed by atoms with van der Waals surface area (Å²) in [7, 11) is -3.50. The first-order valence-electron chi connectivity index (χ1n) is 8.66. The number of nitrogens with one attached hydrogen (secondary N) is 1. The molecule has 0 unspecified atom stereocenters. The smallest absolute Gasteiger partial charge is 0.243 e. The maximum Gasteiger partial charge on any atom is 0.243 e. The Balaban J connectivity index is 1.60. The van der Waals surface area contributed by atoms with E-state index in [0.717, 1.165) is 11.1 Å². The summed E-state index contributed by atoms with van der Waals surface area (Å²) in [4.78, 5) is 16.9. The van der Waals surface area contributed by atoms with Crippen LogP contribution in [-0.4, -0.2) is 36.7 Å². The molecular formula is C19H23N3O3S. The fraction of sp³-hybridized carbons (Fsp3) is 0.368. The van der Waals surface area contributed by atoms with Gasteiger partial charge in [-0.25, -0.2) is 13.4 Å². The van der Waals surface area contributed by atoms with E-state index in [1.165, 1.54) is 4.31 Å². The molecule has 1 saturated heterocycles. The monoisotopic (exact) mass is 373 g/mol. The van der Waals surface area contributed by atoms with Crippen molar-refractivity contribution in [3.63, 3.8) is 0 Å². The Morgan fingerprint density at radius 1 is 1.04 bits per heavy atom. The summed E-state index contributed by atoms with van der Waals surface area (Å²) in [5.74, 6) is 0.214. The van der Waals surface area contributed by atoms with Crippen LogP contribution in [0.4, 0.5) is 5.82 Å². The van der Waals surface area contributed by atoms with Gasteiger partial charge in [-0.15, -0.1) is 0 Å². The highest BCUT2D eigenvalue weighted by molar-refractivity contribution is 7.89. The standard InChI is InChI=1S/C19H23N3O3S/c1-14-3-6-17(7-4-14)26(24,25)22-11-9-16(10-12-22)19(23)21-18-8-5-15(2)13-20-18/h3-8,13,16H,9-12H2,1-2H3,(H,20,21,23). The summed E-state index contributed by atoms with van der Waals surface area (Å²) >= 11 is 0. The first kappa shape index (κ1) is 18.5. The zero-order valence-electron chi connectivity index (χ0n) is 15.0. The quantitative estimate of drug-likeness (QED) is 0.894. The molecule has 0 radical (unpaired) electrons. The average Bonchev–Trinajstić information content (AvgIpc) is 2.64. The minimum Gasteiger partial charge on any atom is -0.310 e. The van der Waals surface area contributed by atoms with E-state index in [1.807, 2.05) is 19.9 Å². The van der Waals surface area contributed by atoms with Gasteiger partial charge in [-0.1, -0.05) is 23.8 Å². The van der Waals surface area contributed by atoms with Crippen LogP contribution in [0, 0.1) is 19.8 Å². The topological polar surface area (TPSA) is 79.4 Å². The second-order valence-electron chi connectivity index (χ2n) is 6.70. The van der Waals surface area contributed by atoms with E-state index in [1.54, 1.807) is 36.5 Å². The number of benzene rings is 1. The first-order chi connectivity index (χ1) is 12.4. The molecule has 6 nitrogen and oxygen atoms in total. The summed E-state index contributed by atoms with van der Waals surface area (Å²) in [5, 5.41) is 2.81. The van der Waals surface area contributed by atoms with E-state index in [2.05, 4.69) is 10.3 Å². The van der Waals surface area contributed by atoms with Crippen LogP contribution >= 0.6 is 0 Å². The van der Waals surface area contributed by atoms with Gasteiger partial charge in [0.25, 0.3) is 0 Å². The maximum absolute atomic E-state index is 12.7. The number of rotatable bonds is 4. The number of amides is 1. The van der Waals surface area contributed by atoms with Gasteiger partial charge < -0.3 is 5.32 Å². The molecule has 1 aromatic heterocycles. The van der Waals surface area contributed by atoms with Crippen LogP contribution in [0.1, 0.15) is 24.0 Å². The SMILES string of the molecule is Cc1ccc(S(=O)(=O)N2CCC(C(=O)Nc3ccc(C)cn3)CC2)cc1. The van der Waals surface area contributed by atoms with E-state index in [-0.39, 0.29) is 11.8 Å². The van der Waals surface area contributed by atoms with Crippen LogP contribution in [-0.2, 0) is 14.8 Å². The molecular weight excluding hydrogens is 350 g/mol. The Morgan fingerprint density at radius 2 is 1.65 bits per heavy atom. The van der Waals surface area contributed by atoms with Gasteiger partial charge in [0.05, 0.1) is 4.90 Å². The van der Waals surface area contributed by atoms with E-state index in [4.69, 9.17) is 0 Å². The second-order valence-corrected chi connectivity index (χ2v) is 8.64.